The predicted molar refractivity (Wildman–Crippen MR) is 60.8 cm³/mol. The predicted octanol–water partition coefficient (Wildman–Crippen LogP) is 2.73. The van der Waals surface area contributed by atoms with Crippen LogP contribution in [0.4, 0.5) is 4.39 Å². The summed E-state index contributed by atoms with van der Waals surface area (Å²) in [6.45, 7) is 2.48. The Bertz CT molecular complexity index is 442. The maximum absolute atomic E-state index is 13.8. The van der Waals surface area contributed by atoms with Gasteiger partial charge >= 0.3 is 0 Å². The number of hydrogen-bond acceptors (Lipinski definition) is 3. The molecule has 0 spiro atoms. The summed E-state index contributed by atoms with van der Waals surface area (Å²) in [6.07, 6.45) is -0.532. The molecule has 0 saturated carbocycles. The molecule has 1 aliphatic heterocycles. The lowest BCUT2D eigenvalue weighted by atomic mass is 10.0. The average molecular weight is 259 g/mol. The van der Waals surface area contributed by atoms with Crippen LogP contribution >= 0.6 is 11.6 Å². The summed E-state index contributed by atoms with van der Waals surface area (Å²) in [7, 11) is 0. The number of ketones is 1. The first kappa shape index (κ1) is 12.5. The molecule has 0 bridgehead atoms. The van der Waals surface area contributed by atoms with Gasteiger partial charge in [0, 0.05) is 10.6 Å². The van der Waals surface area contributed by atoms with Crippen LogP contribution in [0, 0.1) is 12.7 Å². The molecule has 0 radical (unpaired) electrons. The third kappa shape index (κ3) is 2.65. The molecular weight excluding hydrogens is 247 g/mol. The van der Waals surface area contributed by atoms with Crippen LogP contribution < -0.4 is 0 Å². The van der Waals surface area contributed by atoms with E-state index in [4.69, 9.17) is 21.1 Å². The van der Waals surface area contributed by atoms with Crippen molar-refractivity contribution in [2.45, 2.75) is 19.6 Å². The van der Waals surface area contributed by atoms with Crippen molar-refractivity contribution in [3.8, 4) is 0 Å². The van der Waals surface area contributed by atoms with Gasteiger partial charge in [0.1, 0.15) is 5.82 Å². The standard InChI is InChI=1S/C12H12ClFO3/c1-7-9(13)3-2-8(12(7)14)10(15)6-11-16-4-5-17-11/h2-3,11H,4-6H2,1H3. The van der Waals surface area contributed by atoms with Gasteiger partial charge in [-0.2, -0.15) is 0 Å². The number of rotatable bonds is 3. The van der Waals surface area contributed by atoms with Crippen molar-refractivity contribution in [1.29, 1.82) is 0 Å². The van der Waals surface area contributed by atoms with Crippen LogP contribution in [0.3, 0.4) is 0 Å². The Kier molecular flexibility index (Phi) is 3.76. The van der Waals surface area contributed by atoms with E-state index in [0.717, 1.165) is 0 Å². The van der Waals surface area contributed by atoms with Gasteiger partial charge in [-0.15, -0.1) is 0 Å². The van der Waals surface area contributed by atoms with Gasteiger partial charge in [-0.1, -0.05) is 11.6 Å². The van der Waals surface area contributed by atoms with Gasteiger partial charge in [-0.05, 0) is 19.1 Å². The lowest BCUT2D eigenvalue weighted by Crippen LogP contribution is -2.15. The summed E-state index contributed by atoms with van der Waals surface area (Å²) < 4.78 is 24.1. The highest BCUT2D eigenvalue weighted by Crippen LogP contribution is 2.23. The molecule has 0 N–H and O–H groups in total. The van der Waals surface area contributed by atoms with E-state index < -0.39 is 12.1 Å². The molecule has 0 unspecified atom stereocenters. The van der Waals surface area contributed by atoms with Crippen molar-refractivity contribution in [1.82, 2.24) is 0 Å². The van der Waals surface area contributed by atoms with Crippen LogP contribution in [0.25, 0.3) is 0 Å². The quantitative estimate of drug-likeness (QED) is 0.782. The second-order valence-corrected chi connectivity index (χ2v) is 4.24. The molecule has 17 heavy (non-hydrogen) atoms. The highest BCUT2D eigenvalue weighted by molar-refractivity contribution is 6.31. The first-order valence-corrected chi connectivity index (χ1v) is 5.68. The van der Waals surface area contributed by atoms with E-state index >= 15 is 0 Å². The Morgan fingerprint density at radius 2 is 2.12 bits per heavy atom. The minimum atomic E-state index is -0.569. The van der Waals surface area contributed by atoms with Crippen molar-refractivity contribution in [3.63, 3.8) is 0 Å². The van der Waals surface area contributed by atoms with Crippen molar-refractivity contribution in [2.24, 2.45) is 0 Å². The smallest absolute Gasteiger partial charge is 0.170 e. The van der Waals surface area contributed by atoms with Gasteiger partial charge in [0.15, 0.2) is 12.1 Å². The van der Waals surface area contributed by atoms with Crippen LogP contribution in [-0.4, -0.2) is 25.3 Å². The highest BCUT2D eigenvalue weighted by Gasteiger charge is 2.23. The molecule has 1 fully saturated rings. The third-order valence-electron chi connectivity index (χ3n) is 2.66. The highest BCUT2D eigenvalue weighted by atomic mass is 35.5. The fourth-order valence-corrected chi connectivity index (χ4v) is 1.81. The molecule has 1 saturated heterocycles. The van der Waals surface area contributed by atoms with E-state index in [1.165, 1.54) is 19.1 Å². The van der Waals surface area contributed by atoms with E-state index in [9.17, 15) is 9.18 Å². The second-order valence-electron chi connectivity index (χ2n) is 3.83. The zero-order valence-electron chi connectivity index (χ0n) is 9.33. The topological polar surface area (TPSA) is 35.5 Å². The fourth-order valence-electron chi connectivity index (χ4n) is 1.66. The largest absolute Gasteiger partial charge is 0.350 e. The number of Topliss-reactive ketones (excluding diaryl/α,β-unsaturated/α-hetero) is 1. The Hall–Kier alpha value is -0.970. The van der Waals surface area contributed by atoms with Gasteiger partial charge in [0.25, 0.3) is 0 Å². The Labute approximate surface area is 103 Å². The first-order chi connectivity index (χ1) is 8.09. The minimum absolute atomic E-state index is 0.0258. The minimum Gasteiger partial charge on any atom is -0.350 e. The Morgan fingerprint density at radius 3 is 2.76 bits per heavy atom. The van der Waals surface area contributed by atoms with Gasteiger partial charge < -0.3 is 9.47 Å². The maximum Gasteiger partial charge on any atom is 0.170 e. The molecule has 1 aromatic rings. The second kappa shape index (κ2) is 5.12. The van der Waals surface area contributed by atoms with Gasteiger partial charge in [-0.3, -0.25) is 4.79 Å². The van der Waals surface area contributed by atoms with E-state index in [1.807, 2.05) is 0 Å². The Morgan fingerprint density at radius 1 is 1.47 bits per heavy atom. The molecular formula is C12H12ClFO3. The zero-order chi connectivity index (χ0) is 12.4. The maximum atomic E-state index is 13.8. The fraction of sp³-hybridized carbons (Fsp3) is 0.417. The molecule has 0 amide bonds. The van der Waals surface area contributed by atoms with Crippen LogP contribution in [-0.2, 0) is 9.47 Å². The first-order valence-electron chi connectivity index (χ1n) is 5.30. The van der Waals surface area contributed by atoms with Crippen LogP contribution in [0.5, 0.6) is 0 Å². The van der Waals surface area contributed by atoms with Gasteiger partial charge in [0.05, 0.1) is 25.2 Å². The molecule has 1 heterocycles. The summed E-state index contributed by atoms with van der Waals surface area (Å²) in [6, 6.07) is 2.91. The normalized spacial score (nSPS) is 16.4. The SMILES string of the molecule is Cc1c(Cl)ccc(C(=O)CC2OCCO2)c1F. The number of carbonyl (C=O) groups is 1. The number of ether oxygens (including phenoxy) is 2. The molecule has 2 rings (SSSR count). The van der Waals surface area contributed by atoms with Crippen molar-refractivity contribution >= 4 is 17.4 Å². The molecule has 1 aromatic carbocycles. The molecule has 92 valence electrons. The summed E-state index contributed by atoms with van der Waals surface area (Å²) in [5.41, 5.74) is 0.316. The van der Waals surface area contributed by atoms with Crippen LogP contribution in [0.1, 0.15) is 22.3 Å². The number of carbonyl (C=O) groups excluding carboxylic acids is 1. The summed E-state index contributed by atoms with van der Waals surface area (Å²) >= 11 is 5.76. The van der Waals surface area contributed by atoms with Gasteiger partial charge in [0.2, 0.25) is 0 Å². The zero-order valence-corrected chi connectivity index (χ0v) is 10.1. The summed E-state index contributed by atoms with van der Waals surface area (Å²) in [4.78, 5) is 11.8. The van der Waals surface area contributed by atoms with E-state index in [0.29, 0.717) is 18.2 Å². The van der Waals surface area contributed by atoms with Crippen molar-refractivity contribution in [2.75, 3.05) is 13.2 Å². The van der Waals surface area contributed by atoms with E-state index in [-0.39, 0.29) is 23.3 Å². The number of halogens is 2. The van der Waals surface area contributed by atoms with Gasteiger partial charge in [-0.25, -0.2) is 4.39 Å². The van der Waals surface area contributed by atoms with Crippen molar-refractivity contribution in [3.05, 3.63) is 34.1 Å². The summed E-state index contributed by atoms with van der Waals surface area (Å²) in [5.74, 6) is -0.908. The summed E-state index contributed by atoms with van der Waals surface area (Å²) in [5, 5.41) is 0.312. The lowest BCUT2D eigenvalue weighted by molar-refractivity contribution is -0.0408. The number of benzene rings is 1. The van der Waals surface area contributed by atoms with E-state index in [1.54, 1.807) is 0 Å². The Balaban J connectivity index is 2.16. The molecule has 5 heteroatoms. The van der Waals surface area contributed by atoms with Crippen LogP contribution in [0.2, 0.25) is 5.02 Å². The molecule has 0 atom stereocenters. The molecule has 1 aliphatic rings. The molecule has 0 aromatic heterocycles. The number of hydrogen-bond donors (Lipinski definition) is 0. The molecule has 3 nitrogen and oxygen atoms in total. The van der Waals surface area contributed by atoms with E-state index in [2.05, 4.69) is 0 Å². The third-order valence-corrected chi connectivity index (χ3v) is 3.07. The van der Waals surface area contributed by atoms with Crippen molar-refractivity contribution < 1.29 is 18.7 Å². The molecule has 0 aliphatic carbocycles. The van der Waals surface area contributed by atoms with Crippen LogP contribution in [0.15, 0.2) is 12.1 Å². The monoisotopic (exact) mass is 258 g/mol. The average Bonchev–Trinajstić information content (AvgIpc) is 2.78. The lowest BCUT2D eigenvalue weighted by Gasteiger charge is -2.10.